The van der Waals surface area contributed by atoms with Crippen molar-refractivity contribution < 1.29 is 5.11 Å². The van der Waals surface area contributed by atoms with Gasteiger partial charge in [0.15, 0.2) is 0 Å². The lowest BCUT2D eigenvalue weighted by atomic mass is 10.0. The standard InChI is InChI=1S/C14H25ClO/c1-4-14(16)9-8-12(2)6-5-7-13(3)10-11-15/h6,10,14,16H,4-5,7-9,11H2,1-3H3/b12-6+,13-10+. The summed E-state index contributed by atoms with van der Waals surface area (Å²) in [6.07, 6.45) is 9.10. The lowest BCUT2D eigenvalue weighted by Gasteiger charge is -2.07. The molecule has 0 saturated carbocycles. The van der Waals surface area contributed by atoms with E-state index in [1.807, 2.05) is 6.92 Å². The van der Waals surface area contributed by atoms with Gasteiger partial charge in [0.05, 0.1) is 6.10 Å². The molecule has 0 aliphatic carbocycles. The van der Waals surface area contributed by atoms with Crippen LogP contribution in [0.15, 0.2) is 23.3 Å². The molecule has 1 nitrogen and oxygen atoms in total. The molecule has 1 N–H and O–H groups in total. The number of hydrogen-bond donors (Lipinski definition) is 1. The Balaban J connectivity index is 3.74. The molecule has 0 aromatic carbocycles. The molecule has 0 spiro atoms. The minimum absolute atomic E-state index is 0.138. The first kappa shape index (κ1) is 15.7. The number of hydrogen-bond acceptors (Lipinski definition) is 1. The zero-order chi connectivity index (χ0) is 12.4. The van der Waals surface area contributed by atoms with Gasteiger partial charge in [0.1, 0.15) is 0 Å². The highest BCUT2D eigenvalue weighted by Crippen LogP contribution is 2.12. The van der Waals surface area contributed by atoms with Gasteiger partial charge in [0.25, 0.3) is 0 Å². The predicted octanol–water partition coefficient (Wildman–Crippen LogP) is 4.45. The minimum Gasteiger partial charge on any atom is -0.393 e. The first-order chi connectivity index (χ1) is 7.60. The van der Waals surface area contributed by atoms with Crippen molar-refractivity contribution in [3.63, 3.8) is 0 Å². The van der Waals surface area contributed by atoms with Crippen molar-refractivity contribution >= 4 is 11.6 Å². The number of aliphatic hydroxyl groups excluding tert-OH is 1. The number of allylic oxidation sites excluding steroid dienone is 4. The Labute approximate surface area is 105 Å². The lowest BCUT2D eigenvalue weighted by molar-refractivity contribution is 0.160. The number of halogens is 1. The molecule has 0 saturated heterocycles. The summed E-state index contributed by atoms with van der Waals surface area (Å²) in [6.45, 7) is 6.28. The lowest BCUT2D eigenvalue weighted by Crippen LogP contribution is -2.03. The van der Waals surface area contributed by atoms with Crippen LogP contribution in [0.4, 0.5) is 0 Å². The van der Waals surface area contributed by atoms with Crippen molar-refractivity contribution in [1.82, 2.24) is 0 Å². The number of rotatable bonds is 8. The van der Waals surface area contributed by atoms with Gasteiger partial charge in [-0.1, -0.05) is 30.2 Å². The molecule has 0 aromatic heterocycles. The van der Waals surface area contributed by atoms with Gasteiger partial charge in [0, 0.05) is 5.88 Å². The molecule has 0 heterocycles. The van der Waals surface area contributed by atoms with E-state index in [2.05, 4.69) is 26.0 Å². The molecule has 2 heteroatoms. The summed E-state index contributed by atoms with van der Waals surface area (Å²) in [5, 5.41) is 9.44. The molecule has 0 fully saturated rings. The average molecular weight is 245 g/mol. The smallest absolute Gasteiger partial charge is 0.0540 e. The summed E-state index contributed by atoms with van der Waals surface area (Å²) in [7, 11) is 0. The predicted molar refractivity (Wildman–Crippen MR) is 73.0 cm³/mol. The zero-order valence-electron chi connectivity index (χ0n) is 10.8. The van der Waals surface area contributed by atoms with Gasteiger partial charge in [-0.05, 0) is 46.0 Å². The van der Waals surface area contributed by atoms with Gasteiger partial charge >= 0.3 is 0 Å². The van der Waals surface area contributed by atoms with Crippen LogP contribution in [0, 0.1) is 0 Å². The van der Waals surface area contributed by atoms with Crippen LogP contribution in [0.5, 0.6) is 0 Å². The molecular formula is C14H25ClO. The fourth-order valence-corrected chi connectivity index (χ4v) is 1.74. The van der Waals surface area contributed by atoms with E-state index < -0.39 is 0 Å². The molecule has 0 bridgehead atoms. The van der Waals surface area contributed by atoms with Crippen molar-refractivity contribution in [3.05, 3.63) is 23.3 Å². The summed E-state index contributed by atoms with van der Waals surface area (Å²) in [5.41, 5.74) is 2.74. The Bertz CT molecular complexity index is 231. The summed E-state index contributed by atoms with van der Waals surface area (Å²) in [4.78, 5) is 0. The normalized spacial score (nSPS) is 15.3. The Morgan fingerprint density at radius 3 is 2.38 bits per heavy atom. The minimum atomic E-state index is -0.138. The summed E-state index contributed by atoms with van der Waals surface area (Å²) >= 11 is 5.62. The Kier molecular flexibility index (Phi) is 9.75. The van der Waals surface area contributed by atoms with Crippen molar-refractivity contribution in [2.24, 2.45) is 0 Å². The second kappa shape index (κ2) is 9.92. The van der Waals surface area contributed by atoms with Gasteiger partial charge in [0.2, 0.25) is 0 Å². The molecule has 1 atom stereocenters. The largest absolute Gasteiger partial charge is 0.393 e. The van der Waals surface area contributed by atoms with Crippen molar-refractivity contribution in [2.45, 2.75) is 59.0 Å². The molecular weight excluding hydrogens is 220 g/mol. The second-order valence-corrected chi connectivity index (χ2v) is 4.70. The van der Waals surface area contributed by atoms with Crippen LogP contribution in [-0.2, 0) is 0 Å². The summed E-state index contributed by atoms with van der Waals surface area (Å²) in [6, 6.07) is 0. The third-order valence-electron chi connectivity index (χ3n) is 2.80. The topological polar surface area (TPSA) is 20.2 Å². The Morgan fingerprint density at radius 1 is 1.19 bits per heavy atom. The molecule has 0 amide bonds. The number of alkyl halides is 1. The van der Waals surface area contributed by atoms with Crippen LogP contribution in [-0.4, -0.2) is 17.1 Å². The maximum absolute atomic E-state index is 9.44. The highest BCUT2D eigenvalue weighted by Gasteiger charge is 2.00. The molecule has 0 aromatic rings. The molecule has 16 heavy (non-hydrogen) atoms. The molecule has 94 valence electrons. The first-order valence-corrected chi connectivity index (χ1v) is 6.68. The van der Waals surface area contributed by atoms with Crippen molar-refractivity contribution in [1.29, 1.82) is 0 Å². The van der Waals surface area contributed by atoms with E-state index in [0.717, 1.165) is 32.1 Å². The molecule has 0 rings (SSSR count). The van der Waals surface area contributed by atoms with Gasteiger partial charge in [-0.15, -0.1) is 11.6 Å². The van der Waals surface area contributed by atoms with Crippen LogP contribution in [0.3, 0.4) is 0 Å². The fourth-order valence-electron chi connectivity index (χ4n) is 1.48. The summed E-state index contributed by atoms with van der Waals surface area (Å²) < 4.78 is 0. The number of aliphatic hydroxyl groups is 1. The van der Waals surface area contributed by atoms with Gasteiger partial charge in [-0.25, -0.2) is 0 Å². The van der Waals surface area contributed by atoms with Crippen molar-refractivity contribution in [2.75, 3.05) is 5.88 Å². The average Bonchev–Trinajstić information content (AvgIpc) is 2.26. The second-order valence-electron chi connectivity index (χ2n) is 4.39. The molecule has 1 unspecified atom stereocenters. The third kappa shape index (κ3) is 8.99. The highest BCUT2D eigenvalue weighted by atomic mass is 35.5. The zero-order valence-corrected chi connectivity index (χ0v) is 11.6. The fraction of sp³-hybridized carbons (Fsp3) is 0.714. The van der Waals surface area contributed by atoms with E-state index in [4.69, 9.17) is 11.6 Å². The van der Waals surface area contributed by atoms with E-state index >= 15 is 0 Å². The SMILES string of the molecule is CCC(O)CC/C(C)=C/CC/C(C)=C/CCl. The van der Waals surface area contributed by atoms with E-state index in [1.54, 1.807) is 0 Å². The van der Waals surface area contributed by atoms with Gasteiger partial charge < -0.3 is 5.11 Å². The van der Waals surface area contributed by atoms with Crippen LogP contribution >= 0.6 is 11.6 Å². The Morgan fingerprint density at radius 2 is 1.81 bits per heavy atom. The molecule has 0 aliphatic heterocycles. The van der Waals surface area contributed by atoms with Gasteiger partial charge in [-0.2, -0.15) is 0 Å². The van der Waals surface area contributed by atoms with Crippen LogP contribution in [0.1, 0.15) is 52.9 Å². The van der Waals surface area contributed by atoms with E-state index in [1.165, 1.54) is 11.1 Å². The monoisotopic (exact) mass is 244 g/mol. The molecule has 0 aliphatic rings. The maximum atomic E-state index is 9.44. The maximum Gasteiger partial charge on any atom is 0.0540 e. The first-order valence-electron chi connectivity index (χ1n) is 6.15. The Hall–Kier alpha value is -0.270. The van der Waals surface area contributed by atoms with Crippen LogP contribution in [0.25, 0.3) is 0 Å². The highest BCUT2D eigenvalue weighted by molar-refractivity contribution is 6.18. The van der Waals surface area contributed by atoms with E-state index in [-0.39, 0.29) is 6.10 Å². The van der Waals surface area contributed by atoms with Crippen LogP contribution in [0.2, 0.25) is 0 Å². The molecule has 0 radical (unpaired) electrons. The quantitative estimate of drug-likeness (QED) is 0.494. The van der Waals surface area contributed by atoms with E-state index in [9.17, 15) is 5.11 Å². The summed E-state index contributed by atoms with van der Waals surface area (Å²) in [5.74, 6) is 0.608. The third-order valence-corrected chi connectivity index (χ3v) is 2.95. The van der Waals surface area contributed by atoms with Gasteiger partial charge in [-0.3, -0.25) is 0 Å². The van der Waals surface area contributed by atoms with Crippen molar-refractivity contribution in [3.8, 4) is 0 Å². The van der Waals surface area contributed by atoms with E-state index in [0.29, 0.717) is 5.88 Å². The van der Waals surface area contributed by atoms with Crippen LogP contribution < -0.4 is 0 Å².